The lowest BCUT2D eigenvalue weighted by molar-refractivity contribution is 0.0721. The fourth-order valence-electron chi connectivity index (χ4n) is 2.42. The molecule has 1 aromatic carbocycles. The number of hydrogen-bond acceptors (Lipinski definition) is 5. The van der Waals surface area contributed by atoms with Gasteiger partial charge in [0.05, 0.1) is 25.1 Å². The van der Waals surface area contributed by atoms with Crippen molar-refractivity contribution in [2.75, 3.05) is 20.2 Å². The van der Waals surface area contributed by atoms with Gasteiger partial charge >= 0.3 is 0 Å². The van der Waals surface area contributed by atoms with Gasteiger partial charge in [-0.05, 0) is 36.8 Å². The molecule has 23 heavy (non-hydrogen) atoms. The van der Waals surface area contributed by atoms with E-state index < -0.39 is 10.0 Å². The van der Waals surface area contributed by atoms with Crippen LogP contribution in [0.4, 0.5) is 0 Å². The van der Waals surface area contributed by atoms with E-state index >= 15 is 0 Å². The van der Waals surface area contributed by atoms with Crippen LogP contribution in [0.15, 0.2) is 47.5 Å². The summed E-state index contributed by atoms with van der Waals surface area (Å²) in [6.45, 7) is 2.47. The number of ether oxygens (including phenoxy) is 2. The van der Waals surface area contributed by atoms with Crippen LogP contribution in [0.2, 0.25) is 0 Å². The number of nitrogens with zero attached hydrogens (tertiary/aromatic N) is 2. The first-order valence-corrected chi connectivity index (χ1v) is 8.67. The van der Waals surface area contributed by atoms with E-state index in [1.165, 1.54) is 4.31 Å². The highest BCUT2D eigenvalue weighted by molar-refractivity contribution is 7.89. The third kappa shape index (κ3) is 3.16. The zero-order valence-corrected chi connectivity index (χ0v) is 13.8. The van der Waals surface area contributed by atoms with E-state index in [9.17, 15) is 8.42 Å². The first-order valence-electron chi connectivity index (χ1n) is 7.23. The monoisotopic (exact) mass is 334 g/mol. The minimum absolute atomic E-state index is 0.168. The van der Waals surface area contributed by atoms with Gasteiger partial charge in [0.15, 0.2) is 0 Å². The lowest BCUT2D eigenvalue weighted by Gasteiger charge is -2.37. The van der Waals surface area contributed by atoms with Crippen LogP contribution in [-0.2, 0) is 10.0 Å². The normalized spacial score (nSPS) is 15.9. The molecule has 1 saturated heterocycles. The molecule has 2 aromatic rings. The maximum atomic E-state index is 12.6. The Kier molecular flexibility index (Phi) is 4.23. The Morgan fingerprint density at radius 3 is 2.61 bits per heavy atom. The molecule has 7 heteroatoms. The maximum absolute atomic E-state index is 12.6. The van der Waals surface area contributed by atoms with E-state index in [0.29, 0.717) is 24.7 Å². The highest BCUT2D eigenvalue weighted by Gasteiger charge is 2.38. The first kappa shape index (κ1) is 15.8. The third-order valence-corrected chi connectivity index (χ3v) is 5.57. The van der Waals surface area contributed by atoms with E-state index in [1.807, 2.05) is 13.0 Å². The molecule has 1 aliphatic heterocycles. The van der Waals surface area contributed by atoms with Crippen LogP contribution in [0.25, 0.3) is 0 Å². The Morgan fingerprint density at radius 1 is 1.22 bits per heavy atom. The van der Waals surface area contributed by atoms with E-state index in [-0.39, 0.29) is 11.0 Å². The van der Waals surface area contributed by atoms with Gasteiger partial charge in [-0.25, -0.2) is 13.4 Å². The van der Waals surface area contributed by atoms with Crippen molar-refractivity contribution < 1.29 is 17.9 Å². The Hall–Kier alpha value is -2.12. The molecule has 0 bridgehead atoms. The summed E-state index contributed by atoms with van der Waals surface area (Å²) in [5.74, 6) is 1.18. The average Bonchev–Trinajstić information content (AvgIpc) is 2.51. The van der Waals surface area contributed by atoms with Crippen molar-refractivity contribution in [1.82, 2.24) is 9.29 Å². The van der Waals surface area contributed by atoms with Gasteiger partial charge in [0, 0.05) is 12.3 Å². The summed E-state index contributed by atoms with van der Waals surface area (Å²) in [5, 5.41) is 0. The third-order valence-electron chi connectivity index (χ3n) is 3.74. The summed E-state index contributed by atoms with van der Waals surface area (Å²) in [5.41, 5.74) is 0.787. The van der Waals surface area contributed by atoms with Crippen LogP contribution in [0.1, 0.15) is 5.56 Å². The second-order valence-corrected chi connectivity index (χ2v) is 7.30. The van der Waals surface area contributed by atoms with Crippen LogP contribution in [0.5, 0.6) is 11.6 Å². The molecular weight excluding hydrogens is 316 g/mol. The standard InChI is InChI=1S/C16H18N2O4S/c1-12-9-14(6-7-15(12)21-2)23(19,20)18-10-13(11-18)22-16-5-3-4-8-17-16/h3-9,13H,10-11H2,1-2H3. The predicted octanol–water partition coefficient (Wildman–Crippen LogP) is 1.85. The van der Waals surface area contributed by atoms with Gasteiger partial charge in [0.25, 0.3) is 0 Å². The number of sulfonamides is 1. The van der Waals surface area contributed by atoms with E-state index in [2.05, 4.69) is 4.98 Å². The zero-order chi connectivity index (χ0) is 16.4. The number of hydrogen-bond donors (Lipinski definition) is 0. The van der Waals surface area contributed by atoms with Crippen molar-refractivity contribution in [3.63, 3.8) is 0 Å². The fourth-order valence-corrected chi connectivity index (χ4v) is 4.01. The molecule has 0 saturated carbocycles. The summed E-state index contributed by atoms with van der Waals surface area (Å²) in [6, 6.07) is 10.2. The second kappa shape index (κ2) is 6.17. The minimum Gasteiger partial charge on any atom is -0.496 e. The number of pyridine rings is 1. The van der Waals surface area contributed by atoms with Gasteiger partial charge in [-0.15, -0.1) is 0 Å². The Bertz CT molecular complexity index is 787. The average molecular weight is 334 g/mol. The molecule has 0 unspecified atom stereocenters. The molecule has 2 heterocycles. The lowest BCUT2D eigenvalue weighted by atomic mass is 10.2. The molecule has 6 nitrogen and oxygen atoms in total. The molecule has 0 atom stereocenters. The maximum Gasteiger partial charge on any atom is 0.243 e. The van der Waals surface area contributed by atoms with Crippen molar-refractivity contribution in [2.45, 2.75) is 17.9 Å². The van der Waals surface area contributed by atoms with E-state index in [1.54, 1.807) is 43.6 Å². The molecule has 0 amide bonds. The largest absolute Gasteiger partial charge is 0.496 e. The summed E-state index contributed by atoms with van der Waals surface area (Å²) in [7, 11) is -1.94. The zero-order valence-electron chi connectivity index (χ0n) is 13.0. The fraction of sp³-hybridized carbons (Fsp3) is 0.312. The minimum atomic E-state index is -3.50. The van der Waals surface area contributed by atoms with Crippen molar-refractivity contribution in [3.05, 3.63) is 48.2 Å². The van der Waals surface area contributed by atoms with Crippen LogP contribution in [0, 0.1) is 6.92 Å². The summed E-state index contributed by atoms with van der Waals surface area (Å²) >= 11 is 0. The highest BCUT2D eigenvalue weighted by atomic mass is 32.2. The number of aromatic nitrogens is 1. The Morgan fingerprint density at radius 2 is 2.00 bits per heavy atom. The molecule has 1 aliphatic rings. The predicted molar refractivity (Wildman–Crippen MR) is 85.1 cm³/mol. The van der Waals surface area contributed by atoms with Crippen molar-refractivity contribution in [1.29, 1.82) is 0 Å². The van der Waals surface area contributed by atoms with Crippen molar-refractivity contribution in [2.24, 2.45) is 0 Å². The smallest absolute Gasteiger partial charge is 0.243 e. The number of rotatable bonds is 5. The van der Waals surface area contributed by atoms with Gasteiger partial charge in [0.1, 0.15) is 11.9 Å². The Balaban J connectivity index is 1.67. The molecule has 0 aliphatic carbocycles. The number of benzene rings is 1. The number of methoxy groups -OCH3 is 1. The van der Waals surface area contributed by atoms with Gasteiger partial charge in [-0.3, -0.25) is 0 Å². The molecule has 0 radical (unpaired) electrons. The molecular formula is C16H18N2O4S. The molecule has 1 aromatic heterocycles. The van der Waals surface area contributed by atoms with E-state index in [0.717, 1.165) is 5.56 Å². The van der Waals surface area contributed by atoms with Crippen LogP contribution in [-0.4, -0.2) is 44.0 Å². The van der Waals surface area contributed by atoms with Gasteiger partial charge in [-0.2, -0.15) is 4.31 Å². The van der Waals surface area contributed by atoms with Crippen LogP contribution in [0.3, 0.4) is 0 Å². The molecule has 122 valence electrons. The number of aryl methyl sites for hydroxylation is 1. The summed E-state index contributed by atoms with van der Waals surface area (Å²) in [4.78, 5) is 4.34. The van der Waals surface area contributed by atoms with Crippen LogP contribution >= 0.6 is 0 Å². The van der Waals surface area contributed by atoms with E-state index in [4.69, 9.17) is 9.47 Å². The lowest BCUT2D eigenvalue weighted by Crippen LogP contribution is -2.56. The molecule has 0 spiro atoms. The molecule has 1 fully saturated rings. The van der Waals surface area contributed by atoms with Gasteiger partial charge in [0.2, 0.25) is 15.9 Å². The molecule has 3 rings (SSSR count). The second-order valence-electron chi connectivity index (χ2n) is 5.36. The first-order chi connectivity index (χ1) is 11.0. The highest BCUT2D eigenvalue weighted by Crippen LogP contribution is 2.27. The molecule has 0 N–H and O–H groups in total. The summed E-state index contributed by atoms with van der Waals surface area (Å²) < 4.78 is 37.4. The van der Waals surface area contributed by atoms with Crippen molar-refractivity contribution in [3.8, 4) is 11.6 Å². The Labute approximate surface area is 135 Å². The van der Waals surface area contributed by atoms with Crippen LogP contribution < -0.4 is 9.47 Å². The van der Waals surface area contributed by atoms with Gasteiger partial charge < -0.3 is 9.47 Å². The van der Waals surface area contributed by atoms with Crippen molar-refractivity contribution >= 4 is 10.0 Å². The quantitative estimate of drug-likeness (QED) is 0.835. The van der Waals surface area contributed by atoms with Gasteiger partial charge in [-0.1, -0.05) is 6.07 Å². The summed E-state index contributed by atoms with van der Waals surface area (Å²) in [6.07, 6.45) is 1.47. The SMILES string of the molecule is COc1ccc(S(=O)(=O)N2CC(Oc3ccccn3)C2)cc1C. The topological polar surface area (TPSA) is 68.7 Å².